The average molecular weight is 962 g/mol. The minimum absolute atomic E-state index is 0.499. The molecule has 0 radical (unpaired) electrons. The fourth-order valence-electron chi connectivity index (χ4n) is 11.9. The number of hydrogen-bond donors (Lipinski definition) is 1. The first kappa shape index (κ1) is 42.9. The number of nitrogens with zero attached hydrogens (tertiary/aromatic N) is 4. The molecule has 3 aromatic heterocycles. The van der Waals surface area contributed by atoms with Crippen LogP contribution in [-0.4, -0.2) is 20.8 Å². The van der Waals surface area contributed by atoms with Crippen molar-refractivity contribution in [2.24, 2.45) is 9.98 Å². The second-order valence-corrected chi connectivity index (χ2v) is 19.5. The Morgan fingerprint density at radius 2 is 1.05 bits per heavy atom. The molecule has 0 fully saturated rings. The lowest BCUT2D eigenvalue weighted by Crippen LogP contribution is -2.34. The Kier molecular flexibility index (Phi) is 9.98. The number of rotatable bonds is 8. The lowest BCUT2D eigenvalue weighted by atomic mass is 9.90. The molecule has 1 unspecified atom stereocenters. The Morgan fingerprint density at radius 3 is 1.81 bits per heavy atom. The number of aromatic nitrogens is 2. The SMILES string of the molecule is C1=CC(n2c3ccccc3c3c(-c4cc(-c5cccc6oc7ccccc7c56)cc5c4c4ccccc4n5-c4cc(-c5ccccc5)ccc4C4N=C(c5ccccc5)N=C(c5ccccc5)N4)cccc32)=CCC1. The molecule has 0 saturated heterocycles. The van der Waals surface area contributed by atoms with Crippen LogP contribution in [0, 0.1) is 0 Å². The summed E-state index contributed by atoms with van der Waals surface area (Å²) in [4.78, 5) is 10.7. The van der Waals surface area contributed by atoms with Crippen LogP contribution in [0.5, 0.6) is 0 Å². The third-order valence-corrected chi connectivity index (χ3v) is 15.2. The molecule has 1 atom stereocenters. The third-order valence-electron chi connectivity index (χ3n) is 15.2. The highest BCUT2D eigenvalue weighted by molar-refractivity contribution is 6.24. The molecule has 13 aromatic rings. The number of amidine groups is 2. The fraction of sp³-hybridized carbons (Fsp3) is 0.0435. The summed E-state index contributed by atoms with van der Waals surface area (Å²) in [6, 6.07) is 82.7. The van der Waals surface area contributed by atoms with E-state index in [1.165, 1.54) is 38.5 Å². The summed E-state index contributed by atoms with van der Waals surface area (Å²) >= 11 is 0. The molecular weight excluding hydrogens is 915 g/mol. The zero-order valence-electron chi connectivity index (χ0n) is 40.9. The molecule has 6 heteroatoms. The van der Waals surface area contributed by atoms with Crippen LogP contribution in [0.25, 0.3) is 110 Å². The third kappa shape index (κ3) is 7.02. The number of hydrogen-bond acceptors (Lipinski definition) is 4. The van der Waals surface area contributed by atoms with E-state index < -0.39 is 6.17 Å². The van der Waals surface area contributed by atoms with Gasteiger partial charge in [-0.25, -0.2) is 9.98 Å². The summed E-state index contributed by atoms with van der Waals surface area (Å²) in [6.45, 7) is 0. The minimum atomic E-state index is -0.499. The molecule has 1 aliphatic carbocycles. The summed E-state index contributed by atoms with van der Waals surface area (Å²) in [5, 5.41) is 10.8. The van der Waals surface area contributed by atoms with Crippen LogP contribution in [0.1, 0.15) is 35.7 Å². The van der Waals surface area contributed by atoms with Crippen molar-refractivity contribution in [2.75, 3.05) is 0 Å². The van der Waals surface area contributed by atoms with Gasteiger partial charge in [0.05, 0.1) is 27.8 Å². The average Bonchev–Trinajstić information content (AvgIpc) is 4.22. The van der Waals surface area contributed by atoms with Crippen molar-refractivity contribution < 1.29 is 4.42 Å². The van der Waals surface area contributed by atoms with Crippen LogP contribution in [0.4, 0.5) is 0 Å². The van der Waals surface area contributed by atoms with Crippen LogP contribution in [0.15, 0.2) is 263 Å². The Bertz CT molecular complexity index is 4550. The van der Waals surface area contributed by atoms with E-state index in [9.17, 15) is 0 Å². The monoisotopic (exact) mass is 961 g/mol. The van der Waals surface area contributed by atoms with Gasteiger partial charge in [0.1, 0.15) is 23.2 Å². The van der Waals surface area contributed by atoms with Gasteiger partial charge >= 0.3 is 0 Å². The van der Waals surface area contributed by atoms with Gasteiger partial charge in [-0.1, -0.05) is 194 Å². The smallest absolute Gasteiger partial charge is 0.159 e. The molecule has 75 heavy (non-hydrogen) atoms. The summed E-state index contributed by atoms with van der Waals surface area (Å²) < 4.78 is 11.6. The van der Waals surface area contributed by atoms with Crippen molar-refractivity contribution in [3.05, 3.63) is 265 Å². The van der Waals surface area contributed by atoms with Gasteiger partial charge in [0.25, 0.3) is 0 Å². The largest absolute Gasteiger partial charge is 0.456 e. The van der Waals surface area contributed by atoms with Gasteiger partial charge in [0, 0.05) is 54.7 Å². The van der Waals surface area contributed by atoms with Crippen LogP contribution >= 0.6 is 0 Å². The van der Waals surface area contributed by atoms with Gasteiger partial charge < -0.3 is 18.9 Å². The summed E-state index contributed by atoms with van der Waals surface area (Å²) in [6.07, 6.45) is 8.53. The summed E-state index contributed by atoms with van der Waals surface area (Å²) in [5.74, 6) is 1.45. The Labute approximate surface area is 433 Å². The molecule has 0 bridgehead atoms. The van der Waals surface area contributed by atoms with Crippen LogP contribution in [-0.2, 0) is 0 Å². The van der Waals surface area contributed by atoms with Crippen molar-refractivity contribution in [3.8, 4) is 39.1 Å². The van der Waals surface area contributed by atoms with Gasteiger partial charge in [-0.3, -0.25) is 0 Å². The maximum Gasteiger partial charge on any atom is 0.159 e. The number of benzene rings is 10. The predicted molar refractivity (Wildman–Crippen MR) is 312 cm³/mol. The highest BCUT2D eigenvalue weighted by Crippen LogP contribution is 2.48. The number of furan rings is 1. The van der Waals surface area contributed by atoms with E-state index in [2.05, 4.69) is 245 Å². The molecule has 2 aliphatic rings. The normalized spacial score (nSPS) is 14.7. The molecule has 354 valence electrons. The quantitative estimate of drug-likeness (QED) is 0.165. The molecule has 15 rings (SSSR count). The van der Waals surface area contributed by atoms with Gasteiger partial charge in [-0.05, 0) is 101 Å². The van der Waals surface area contributed by atoms with E-state index in [4.69, 9.17) is 14.4 Å². The second kappa shape index (κ2) is 17.5. The molecule has 0 amide bonds. The first-order valence-corrected chi connectivity index (χ1v) is 25.8. The van der Waals surface area contributed by atoms with Crippen molar-refractivity contribution in [2.45, 2.75) is 19.0 Å². The first-order chi connectivity index (χ1) is 37.2. The molecule has 6 nitrogen and oxygen atoms in total. The minimum Gasteiger partial charge on any atom is -0.456 e. The lowest BCUT2D eigenvalue weighted by Gasteiger charge is -2.26. The van der Waals surface area contributed by atoms with E-state index in [0.717, 1.165) is 107 Å². The number of allylic oxidation sites excluding steroid dienone is 4. The summed E-state index contributed by atoms with van der Waals surface area (Å²) in [5.41, 5.74) is 18.2. The number of para-hydroxylation sites is 3. The Morgan fingerprint density at radius 1 is 0.427 bits per heavy atom. The topological polar surface area (TPSA) is 59.8 Å². The summed E-state index contributed by atoms with van der Waals surface area (Å²) in [7, 11) is 0. The van der Waals surface area contributed by atoms with Crippen LogP contribution < -0.4 is 5.32 Å². The first-order valence-electron chi connectivity index (χ1n) is 25.8. The van der Waals surface area contributed by atoms with Gasteiger partial charge in [-0.2, -0.15) is 0 Å². The highest BCUT2D eigenvalue weighted by Gasteiger charge is 2.28. The van der Waals surface area contributed by atoms with Crippen molar-refractivity contribution in [1.82, 2.24) is 14.5 Å². The molecule has 0 spiro atoms. The zero-order valence-corrected chi connectivity index (χ0v) is 40.9. The maximum absolute atomic E-state index is 6.60. The van der Waals surface area contributed by atoms with E-state index in [1.54, 1.807) is 0 Å². The molecule has 0 saturated carbocycles. The molecule has 1 aliphatic heterocycles. The number of fused-ring (bicyclic) bond motifs is 9. The van der Waals surface area contributed by atoms with Gasteiger partial charge in [-0.15, -0.1) is 0 Å². The standard InChI is InChI=1S/C69H47N5O/c1-5-21-44(22-6-1)47-39-40-54(69-71-67(45-23-7-2-8-24-45)70-68(72-69)46-25-9-3-10-26-46)60(42-47)74-58-35-17-14-30-53(58)65-56(41-48(43-61(65)74)50-32-20-38-63-66(50)55-31-15-18-37-62(55)75-63)51-33-19-36-59-64(51)52-29-13-16-34-57(52)73(59)49-27-11-4-12-28-49/h1-3,5-11,13-43,69H,4,12H2,(H,70,71,72). The van der Waals surface area contributed by atoms with Gasteiger partial charge in [0.2, 0.25) is 0 Å². The van der Waals surface area contributed by atoms with E-state index in [1.807, 2.05) is 18.2 Å². The lowest BCUT2D eigenvalue weighted by molar-refractivity contribution is 0.669. The van der Waals surface area contributed by atoms with Crippen molar-refractivity contribution in [3.63, 3.8) is 0 Å². The Balaban J connectivity index is 1.07. The molecule has 10 aromatic carbocycles. The molecule has 4 heterocycles. The predicted octanol–water partition coefficient (Wildman–Crippen LogP) is 17.5. The van der Waals surface area contributed by atoms with E-state index >= 15 is 0 Å². The molecular formula is C69H47N5O. The molecule has 1 N–H and O–H groups in total. The van der Waals surface area contributed by atoms with Crippen LogP contribution in [0.2, 0.25) is 0 Å². The fourth-order valence-corrected chi connectivity index (χ4v) is 11.9. The maximum atomic E-state index is 6.60. The van der Waals surface area contributed by atoms with E-state index in [-0.39, 0.29) is 0 Å². The van der Waals surface area contributed by atoms with E-state index in [0.29, 0.717) is 5.84 Å². The second-order valence-electron chi connectivity index (χ2n) is 19.5. The zero-order chi connectivity index (χ0) is 49.4. The number of aliphatic imine (C=N–C) groups is 2. The van der Waals surface area contributed by atoms with Crippen LogP contribution in [0.3, 0.4) is 0 Å². The van der Waals surface area contributed by atoms with Gasteiger partial charge in [0.15, 0.2) is 5.84 Å². The van der Waals surface area contributed by atoms with Crippen molar-refractivity contribution in [1.29, 1.82) is 0 Å². The highest BCUT2D eigenvalue weighted by atomic mass is 16.3. The number of nitrogens with one attached hydrogen (secondary N) is 1. The Hall–Kier alpha value is -9.78. The van der Waals surface area contributed by atoms with Crippen molar-refractivity contribution >= 4 is 82.9 Å².